The summed E-state index contributed by atoms with van der Waals surface area (Å²) in [4.78, 5) is 0.394. The maximum atomic E-state index is 12.5. The molecule has 0 amide bonds. The summed E-state index contributed by atoms with van der Waals surface area (Å²) in [5.74, 6) is 0. The van der Waals surface area contributed by atoms with Crippen molar-refractivity contribution in [1.29, 1.82) is 0 Å². The highest BCUT2D eigenvalue weighted by atomic mass is 32.2. The van der Waals surface area contributed by atoms with E-state index in [-0.39, 0.29) is 4.75 Å². The van der Waals surface area contributed by atoms with Crippen LogP contribution < -0.4 is 10.0 Å². The van der Waals surface area contributed by atoms with Crippen LogP contribution in [0.15, 0.2) is 29.2 Å². The Morgan fingerprint density at radius 3 is 2.62 bits per heavy atom. The Morgan fingerprint density at radius 1 is 1.29 bits per heavy atom. The monoisotopic (exact) mass is 328 g/mol. The summed E-state index contributed by atoms with van der Waals surface area (Å²) >= 11 is 1.76. The highest BCUT2D eigenvalue weighted by molar-refractivity contribution is 8.00. The van der Waals surface area contributed by atoms with Gasteiger partial charge in [-0.15, -0.1) is 0 Å². The van der Waals surface area contributed by atoms with Gasteiger partial charge in [-0.25, -0.2) is 13.1 Å². The lowest BCUT2D eigenvalue weighted by Gasteiger charge is -2.15. The summed E-state index contributed by atoms with van der Waals surface area (Å²) in [5, 5.41) is 3.26. The molecule has 0 radical (unpaired) electrons. The normalized spacial score (nSPS) is 16.9. The lowest BCUT2D eigenvalue weighted by Crippen LogP contribution is -2.32. The van der Waals surface area contributed by atoms with Gasteiger partial charge in [0, 0.05) is 17.8 Å². The predicted molar refractivity (Wildman–Crippen MR) is 89.1 cm³/mol. The molecular formula is C15H24N2O2S2. The molecule has 0 spiro atoms. The number of nitrogens with one attached hydrogen (secondary N) is 2. The van der Waals surface area contributed by atoms with Gasteiger partial charge in [-0.2, -0.15) is 11.8 Å². The van der Waals surface area contributed by atoms with Crippen LogP contribution in [0.5, 0.6) is 0 Å². The fraction of sp³-hybridized carbons (Fsp3) is 0.600. The predicted octanol–water partition coefficient (Wildman–Crippen LogP) is 2.36. The van der Waals surface area contributed by atoms with Gasteiger partial charge >= 0.3 is 0 Å². The van der Waals surface area contributed by atoms with E-state index in [0.29, 0.717) is 18.0 Å². The van der Waals surface area contributed by atoms with Crippen LogP contribution in [-0.2, 0) is 16.6 Å². The van der Waals surface area contributed by atoms with Gasteiger partial charge < -0.3 is 5.32 Å². The van der Waals surface area contributed by atoms with Crippen LogP contribution in [0.1, 0.15) is 31.7 Å². The quantitative estimate of drug-likeness (QED) is 0.683. The summed E-state index contributed by atoms with van der Waals surface area (Å²) in [6.45, 7) is 4.08. The highest BCUT2D eigenvalue weighted by Crippen LogP contribution is 2.46. The molecule has 1 aromatic carbocycles. The van der Waals surface area contributed by atoms with Crippen molar-refractivity contribution in [2.75, 3.05) is 19.3 Å². The van der Waals surface area contributed by atoms with Gasteiger partial charge in [0.25, 0.3) is 0 Å². The van der Waals surface area contributed by atoms with Crippen LogP contribution in [0.4, 0.5) is 0 Å². The molecule has 118 valence electrons. The van der Waals surface area contributed by atoms with Gasteiger partial charge in [0.2, 0.25) is 10.0 Å². The Balaban J connectivity index is 2.08. The minimum absolute atomic E-state index is 0.127. The molecule has 0 saturated heterocycles. The van der Waals surface area contributed by atoms with Gasteiger partial charge in [-0.1, -0.05) is 25.1 Å². The highest BCUT2D eigenvalue weighted by Gasteiger charge is 2.42. The van der Waals surface area contributed by atoms with Gasteiger partial charge in [0.15, 0.2) is 0 Å². The molecule has 1 aliphatic carbocycles. The molecule has 1 saturated carbocycles. The third kappa shape index (κ3) is 4.45. The zero-order chi connectivity index (χ0) is 15.3. The molecule has 2 rings (SSSR count). The van der Waals surface area contributed by atoms with Crippen molar-refractivity contribution in [1.82, 2.24) is 10.0 Å². The molecule has 0 unspecified atom stereocenters. The van der Waals surface area contributed by atoms with Crippen molar-refractivity contribution in [2.24, 2.45) is 0 Å². The van der Waals surface area contributed by atoms with Crippen molar-refractivity contribution in [3.05, 3.63) is 29.8 Å². The second kappa shape index (κ2) is 7.13. The van der Waals surface area contributed by atoms with Crippen LogP contribution in [0.2, 0.25) is 0 Å². The maximum absolute atomic E-state index is 12.5. The molecular weight excluding hydrogens is 304 g/mol. The van der Waals surface area contributed by atoms with Crippen molar-refractivity contribution in [3.63, 3.8) is 0 Å². The smallest absolute Gasteiger partial charge is 0.240 e. The standard InChI is InChI=1S/C15H24N2O2S2/c1-3-10-16-11-13-6-4-5-7-14(13)21(18,19)17-12-15(20-2)8-9-15/h4-7,16-17H,3,8-12H2,1-2H3. The molecule has 4 nitrogen and oxygen atoms in total. The second-order valence-corrected chi connectivity index (χ2v) is 8.51. The third-order valence-corrected chi connectivity index (χ3v) is 6.75. The van der Waals surface area contributed by atoms with E-state index < -0.39 is 10.0 Å². The average molecular weight is 329 g/mol. The molecule has 0 atom stereocenters. The SMILES string of the molecule is CCCNCc1ccccc1S(=O)(=O)NCC1(SC)CC1. The Labute approximate surface area is 132 Å². The first-order valence-electron chi connectivity index (χ1n) is 7.36. The van der Waals surface area contributed by atoms with E-state index in [9.17, 15) is 8.42 Å². The fourth-order valence-corrected chi connectivity index (χ4v) is 4.39. The van der Waals surface area contributed by atoms with Gasteiger partial charge in [0.1, 0.15) is 0 Å². The van der Waals surface area contributed by atoms with Gasteiger partial charge in [0.05, 0.1) is 4.90 Å². The summed E-state index contributed by atoms with van der Waals surface area (Å²) in [5.41, 5.74) is 0.826. The van der Waals surface area contributed by atoms with Crippen LogP contribution in [-0.4, -0.2) is 32.5 Å². The molecule has 0 aliphatic heterocycles. The van der Waals surface area contributed by atoms with Crippen molar-refractivity contribution in [3.8, 4) is 0 Å². The average Bonchev–Trinajstić information content (AvgIpc) is 3.27. The molecule has 0 heterocycles. The molecule has 21 heavy (non-hydrogen) atoms. The third-order valence-electron chi connectivity index (χ3n) is 3.83. The number of rotatable bonds is 9. The van der Waals surface area contributed by atoms with E-state index in [1.54, 1.807) is 23.9 Å². The van der Waals surface area contributed by atoms with E-state index in [0.717, 1.165) is 31.4 Å². The zero-order valence-corrected chi connectivity index (χ0v) is 14.3. The number of hydrogen-bond donors (Lipinski definition) is 2. The van der Waals surface area contributed by atoms with Crippen molar-refractivity contribution < 1.29 is 8.42 Å². The van der Waals surface area contributed by atoms with Crippen molar-refractivity contribution >= 4 is 21.8 Å². The number of benzene rings is 1. The van der Waals surface area contributed by atoms with Crippen LogP contribution in [0, 0.1) is 0 Å². The van der Waals surface area contributed by atoms with E-state index in [4.69, 9.17) is 0 Å². The number of sulfonamides is 1. The topological polar surface area (TPSA) is 58.2 Å². The minimum atomic E-state index is -3.43. The first-order chi connectivity index (χ1) is 10.0. The summed E-state index contributed by atoms with van der Waals surface area (Å²) in [7, 11) is -3.43. The Kier molecular flexibility index (Phi) is 5.71. The minimum Gasteiger partial charge on any atom is -0.313 e. The first kappa shape index (κ1) is 16.8. The fourth-order valence-electron chi connectivity index (χ4n) is 2.21. The van der Waals surface area contributed by atoms with E-state index in [2.05, 4.69) is 17.0 Å². The number of hydrogen-bond acceptors (Lipinski definition) is 4. The zero-order valence-electron chi connectivity index (χ0n) is 12.7. The largest absolute Gasteiger partial charge is 0.313 e. The second-order valence-electron chi connectivity index (χ2n) is 5.50. The molecule has 1 aliphatic rings. The van der Waals surface area contributed by atoms with E-state index >= 15 is 0 Å². The lowest BCUT2D eigenvalue weighted by atomic mass is 10.2. The molecule has 1 fully saturated rings. The van der Waals surface area contributed by atoms with Crippen LogP contribution in [0.3, 0.4) is 0 Å². The molecule has 6 heteroatoms. The Hall–Kier alpha value is -0.560. The van der Waals surface area contributed by atoms with Gasteiger partial charge in [-0.3, -0.25) is 0 Å². The molecule has 1 aromatic rings. The van der Waals surface area contributed by atoms with Crippen LogP contribution >= 0.6 is 11.8 Å². The number of thioether (sulfide) groups is 1. The van der Waals surface area contributed by atoms with Crippen molar-refractivity contribution in [2.45, 2.75) is 42.4 Å². The first-order valence-corrected chi connectivity index (χ1v) is 10.1. The van der Waals surface area contributed by atoms with Gasteiger partial charge in [-0.05, 0) is 43.7 Å². The Bertz CT molecular complexity index is 569. The molecule has 2 N–H and O–H groups in total. The summed E-state index contributed by atoms with van der Waals surface area (Å²) in [6, 6.07) is 7.22. The summed E-state index contributed by atoms with van der Waals surface area (Å²) < 4.78 is 28.0. The maximum Gasteiger partial charge on any atom is 0.240 e. The van der Waals surface area contributed by atoms with E-state index in [1.807, 2.05) is 18.4 Å². The summed E-state index contributed by atoms with van der Waals surface area (Å²) in [6.07, 6.45) is 5.26. The Morgan fingerprint density at radius 2 is 2.00 bits per heavy atom. The lowest BCUT2D eigenvalue weighted by molar-refractivity contribution is 0.576. The molecule has 0 bridgehead atoms. The molecule has 0 aromatic heterocycles. The van der Waals surface area contributed by atoms with Crippen LogP contribution in [0.25, 0.3) is 0 Å². The van der Waals surface area contributed by atoms with E-state index in [1.165, 1.54) is 0 Å².